The van der Waals surface area contributed by atoms with Gasteiger partial charge in [0, 0.05) is 43.3 Å². The van der Waals surface area contributed by atoms with Crippen molar-refractivity contribution in [1.82, 2.24) is 9.72 Å². The first-order valence-electron chi connectivity index (χ1n) is 8.10. The van der Waals surface area contributed by atoms with E-state index in [1.165, 1.54) is 12.3 Å². The molecule has 0 unspecified atom stereocenters. The van der Waals surface area contributed by atoms with Gasteiger partial charge in [0.1, 0.15) is 5.82 Å². The topological polar surface area (TPSA) is 83.4 Å². The number of nitrogens with two attached hydrogens (primary N) is 1. The lowest BCUT2D eigenvalue weighted by molar-refractivity contribution is 0.100. The van der Waals surface area contributed by atoms with Gasteiger partial charge in [0.2, 0.25) is 0 Å². The van der Waals surface area contributed by atoms with Gasteiger partial charge in [0.25, 0.3) is 5.91 Å². The van der Waals surface area contributed by atoms with Gasteiger partial charge in [-0.25, -0.2) is 4.39 Å². The van der Waals surface area contributed by atoms with E-state index in [4.69, 9.17) is 11.1 Å². The van der Waals surface area contributed by atoms with Crippen molar-refractivity contribution in [3.8, 4) is 0 Å². The van der Waals surface area contributed by atoms with Crippen LogP contribution in [-0.4, -0.2) is 23.6 Å². The summed E-state index contributed by atoms with van der Waals surface area (Å²) < 4.78 is 15.8. The lowest BCUT2D eigenvalue weighted by Gasteiger charge is -2.06. The summed E-state index contributed by atoms with van der Waals surface area (Å²) in [4.78, 5) is 11.7. The lowest BCUT2D eigenvalue weighted by Crippen LogP contribution is -2.10. The second kappa shape index (κ2) is 7.23. The number of allylic oxidation sites excluding steroid dienone is 1. The summed E-state index contributed by atoms with van der Waals surface area (Å²) in [6, 6.07) is 12.3. The number of amides is 1. The van der Waals surface area contributed by atoms with Gasteiger partial charge in [0.15, 0.2) is 0 Å². The van der Waals surface area contributed by atoms with Crippen LogP contribution in [0.3, 0.4) is 0 Å². The van der Waals surface area contributed by atoms with Crippen molar-refractivity contribution in [2.75, 3.05) is 7.05 Å². The molecule has 3 rings (SSSR count). The van der Waals surface area contributed by atoms with Crippen LogP contribution in [0.2, 0.25) is 0 Å². The van der Waals surface area contributed by atoms with E-state index in [-0.39, 0.29) is 11.1 Å². The Hall–Kier alpha value is -3.41. The Kier molecular flexibility index (Phi) is 4.84. The molecule has 0 saturated heterocycles. The highest BCUT2D eigenvalue weighted by Crippen LogP contribution is 2.23. The normalized spacial score (nSPS) is 11.5. The average molecular weight is 350 g/mol. The number of hydrogen-bond acceptors (Lipinski definition) is 3. The number of hydrogen-bond donors (Lipinski definition) is 3. The van der Waals surface area contributed by atoms with Crippen molar-refractivity contribution in [3.05, 3.63) is 83.1 Å². The Morgan fingerprint density at radius 2 is 2.04 bits per heavy atom. The number of halogens is 1. The monoisotopic (exact) mass is 350 g/mol. The van der Waals surface area contributed by atoms with E-state index in [9.17, 15) is 9.18 Å². The molecule has 0 spiro atoms. The second-order valence-corrected chi connectivity index (χ2v) is 5.89. The molecule has 132 valence electrons. The van der Waals surface area contributed by atoms with Crippen LogP contribution >= 0.6 is 0 Å². The first-order chi connectivity index (χ1) is 12.5. The highest BCUT2D eigenvalue weighted by Gasteiger charge is 2.16. The fourth-order valence-electron chi connectivity index (χ4n) is 3.00. The van der Waals surface area contributed by atoms with Crippen molar-refractivity contribution in [2.24, 2.45) is 5.73 Å². The first kappa shape index (κ1) is 17.4. The predicted molar refractivity (Wildman–Crippen MR) is 101 cm³/mol. The summed E-state index contributed by atoms with van der Waals surface area (Å²) >= 11 is 0. The molecular formula is C20H19FN4O. The zero-order valence-electron chi connectivity index (χ0n) is 14.3. The molecule has 0 atom stereocenters. The van der Waals surface area contributed by atoms with Gasteiger partial charge in [-0.15, -0.1) is 0 Å². The van der Waals surface area contributed by atoms with Crippen molar-refractivity contribution in [2.45, 2.75) is 6.42 Å². The number of rotatable bonds is 6. The molecule has 0 aliphatic carbocycles. The van der Waals surface area contributed by atoms with E-state index < -0.39 is 11.7 Å². The van der Waals surface area contributed by atoms with Crippen LogP contribution in [0.15, 0.2) is 54.9 Å². The minimum Gasteiger partial charge on any atom is -0.393 e. The molecule has 0 aliphatic rings. The SMILES string of the molecule is CN/C=C(\C=N)c1ccc(Cc2cc(C(N)=O)c3c(F)cccn23)cc1. The molecule has 2 heterocycles. The third kappa shape index (κ3) is 3.21. The van der Waals surface area contributed by atoms with Crippen molar-refractivity contribution < 1.29 is 9.18 Å². The predicted octanol–water partition coefficient (Wildman–Crippen LogP) is 2.98. The molecular weight excluding hydrogens is 331 g/mol. The van der Waals surface area contributed by atoms with E-state index in [1.807, 2.05) is 24.3 Å². The number of carbonyl (C=O) groups excluding carboxylic acids is 1. The third-order valence-electron chi connectivity index (χ3n) is 4.21. The zero-order chi connectivity index (χ0) is 18.7. The van der Waals surface area contributed by atoms with Crippen LogP contribution in [0.1, 0.15) is 27.2 Å². The quantitative estimate of drug-likeness (QED) is 0.597. The van der Waals surface area contributed by atoms with Crippen LogP contribution in [0.25, 0.3) is 11.1 Å². The van der Waals surface area contributed by atoms with Crippen molar-refractivity contribution >= 4 is 23.2 Å². The van der Waals surface area contributed by atoms with Crippen molar-refractivity contribution in [3.63, 3.8) is 0 Å². The van der Waals surface area contributed by atoms with Gasteiger partial charge in [-0.05, 0) is 29.3 Å². The van der Waals surface area contributed by atoms with E-state index in [2.05, 4.69) is 5.32 Å². The summed E-state index contributed by atoms with van der Waals surface area (Å²) in [5.74, 6) is -1.13. The molecule has 1 aromatic carbocycles. The summed E-state index contributed by atoms with van der Waals surface area (Å²) in [5.41, 5.74) is 9.25. The number of benzene rings is 1. The Morgan fingerprint density at radius 3 is 2.65 bits per heavy atom. The maximum Gasteiger partial charge on any atom is 0.251 e. The molecule has 1 amide bonds. The molecule has 6 heteroatoms. The lowest BCUT2D eigenvalue weighted by atomic mass is 10.0. The fourth-order valence-corrected chi connectivity index (χ4v) is 3.00. The van der Waals surface area contributed by atoms with Gasteiger partial charge in [0.05, 0.1) is 11.1 Å². The number of aromatic nitrogens is 1. The molecule has 0 bridgehead atoms. The summed E-state index contributed by atoms with van der Waals surface area (Å²) in [6.45, 7) is 0. The van der Waals surface area contributed by atoms with E-state index in [0.717, 1.165) is 22.4 Å². The number of nitrogens with zero attached hydrogens (tertiary/aromatic N) is 1. The highest BCUT2D eigenvalue weighted by atomic mass is 19.1. The molecule has 0 saturated carbocycles. The molecule has 0 aliphatic heterocycles. The molecule has 5 nitrogen and oxygen atoms in total. The molecule has 3 aromatic rings. The third-order valence-corrected chi connectivity index (χ3v) is 4.21. The van der Waals surface area contributed by atoms with Crippen LogP contribution < -0.4 is 11.1 Å². The number of fused-ring (bicyclic) bond motifs is 1. The maximum atomic E-state index is 14.2. The smallest absolute Gasteiger partial charge is 0.251 e. The number of carbonyl (C=O) groups is 1. The zero-order valence-corrected chi connectivity index (χ0v) is 14.3. The molecule has 2 aromatic heterocycles. The van der Waals surface area contributed by atoms with Crippen LogP contribution in [-0.2, 0) is 6.42 Å². The average Bonchev–Trinajstić information content (AvgIpc) is 3.01. The maximum absolute atomic E-state index is 14.2. The summed E-state index contributed by atoms with van der Waals surface area (Å²) in [6.07, 6.45) is 5.28. The van der Waals surface area contributed by atoms with Gasteiger partial charge in [-0.3, -0.25) is 4.79 Å². The van der Waals surface area contributed by atoms with Gasteiger partial charge < -0.3 is 20.9 Å². The van der Waals surface area contributed by atoms with Crippen LogP contribution in [0, 0.1) is 11.2 Å². The minimum absolute atomic E-state index is 0.178. The van der Waals surface area contributed by atoms with Gasteiger partial charge in [-0.1, -0.05) is 24.3 Å². The van der Waals surface area contributed by atoms with Crippen molar-refractivity contribution in [1.29, 1.82) is 5.41 Å². The van der Waals surface area contributed by atoms with E-state index in [0.29, 0.717) is 6.42 Å². The fraction of sp³-hybridized carbons (Fsp3) is 0.100. The number of primary amides is 1. The summed E-state index contributed by atoms with van der Waals surface area (Å²) in [7, 11) is 1.78. The molecule has 0 fully saturated rings. The van der Waals surface area contributed by atoms with Crippen LogP contribution in [0.5, 0.6) is 0 Å². The van der Waals surface area contributed by atoms with E-state index in [1.54, 1.807) is 36.0 Å². The first-order valence-corrected chi connectivity index (χ1v) is 8.10. The largest absolute Gasteiger partial charge is 0.393 e. The molecule has 4 N–H and O–H groups in total. The van der Waals surface area contributed by atoms with Crippen LogP contribution in [0.4, 0.5) is 4.39 Å². The number of nitrogens with one attached hydrogen (secondary N) is 2. The molecule has 26 heavy (non-hydrogen) atoms. The van der Waals surface area contributed by atoms with Gasteiger partial charge in [-0.2, -0.15) is 0 Å². The Balaban J connectivity index is 1.97. The number of pyridine rings is 1. The highest BCUT2D eigenvalue weighted by molar-refractivity contribution is 6.08. The Morgan fingerprint density at radius 1 is 1.31 bits per heavy atom. The summed E-state index contributed by atoms with van der Waals surface area (Å²) in [5, 5.41) is 10.4. The minimum atomic E-state index is -0.651. The molecule has 0 radical (unpaired) electrons. The second-order valence-electron chi connectivity index (χ2n) is 5.89. The Labute approximate surface area is 150 Å². The van der Waals surface area contributed by atoms with E-state index >= 15 is 0 Å². The van der Waals surface area contributed by atoms with Gasteiger partial charge >= 0.3 is 0 Å². The Bertz CT molecular complexity index is 1000. The standard InChI is InChI=1S/C20H19FN4O/c1-24-12-15(11-22)14-6-4-13(5-7-14)9-16-10-17(20(23)26)19-18(21)3-2-8-25(16)19/h2-8,10-12,22,24H,9H2,1H3,(H2,23,26)/b15-12+,22-11?.